The highest BCUT2D eigenvalue weighted by Crippen LogP contribution is 2.30. The van der Waals surface area contributed by atoms with Gasteiger partial charge in [-0.15, -0.1) is 0 Å². The van der Waals surface area contributed by atoms with Crippen LogP contribution in [0.2, 0.25) is 0 Å². The van der Waals surface area contributed by atoms with Crippen molar-refractivity contribution in [2.75, 3.05) is 13.2 Å². The minimum atomic E-state index is 0.670. The SMILES string of the molecule is CCCCCCCCCCCCCCCCOc1cc(C#Cc2ccc(Br)cc2)c(OCCCCCCCCCCCCCCCC)cc1C#Cc1ccc(Br)cc1. The molecule has 0 N–H and O–H groups in total. The summed E-state index contributed by atoms with van der Waals surface area (Å²) in [7, 11) is 0. The molecule has 318 valence electrons. The second kappa shape index (κ2) is 34.1. The van der Waals surface area contributed by atoms with Crippen molar-refractivity contribution in [2.45, 2.75) is 194 Å². The lowest BCUT2D eigenvalue weighted by atomic mass is 10.0. The second-order valence-electron chi connectivity index (χ2n) is 16.2. The molecule has 0 saturated heterocycles. The summed E-state index contributed by atoms with van der Waals surface area (Å²) in [4.78, 5) is 0. The van der Waals surface area contributed by atoms with E-state index in [4.69, 9.17) is 9.47 Å². The van der Waals surface area contributed by atoms with E-state index in [2.05, 4.69) is 81.5 Å². The molecule has 0 atom stereocenters. The van der Waals surface area contributed by atoms with Crippen LogP contribution in [0.5, 0.6) is 11.5 Å². The predicted molar refractivity (Wildman–Crippen MR) is 258 cm³/mol. The van der Waals surface area contributed by atoms with E-state index >= 15 is 0 Å². The number of unbranched alkanes of at least 4 members (excludes halogenated alkanes) is 26. The van der Waals surface area contributed by atoms with Crippen molar-refractivity contribution < 1.29 is 9.47 Å². The highest BCUT2D eigenvalue weighted by molar-refractivity contribution is 9.10. The maximum absolute atomic E-state index is 6.51. The molecule has 0 heterocycles. The Balaban J connectivity index is 1.55. The molecule has 3 aromatic rings. The third kappa shape index (κ3) is 24.4. The first-order valence-corrected chi connectivity index (χ1v) is 25.2. The van der Waals surface area contributed by atoms with Crippen molar-refractivity contribution in [1.82, 2.24) is 0 Å². The number of hydrogen-bond acceptors (Lipinski definition) is 2. The van der Waals surface area contributed by atoms with Gasteiger partial charge in [0.1, 0.15) is 11.5 Å². The number of ether oxygens (including phenoxy) is 2. The molecule has 58 heavy (non-hydrogen) atoms. The van der Waals surface area contributed by atoms with Crippen molar-refractivity contribution in [2.24, 2.45) is 0 Å². The summed E-state index contributed by atoms with van der Waals surface area (Å²) in [6.45, 7) is 5.92. The number of benzene rings is 3. The lowest BCUT2D eigenvalue weighted by molar-refractivity contribution is 0.295. The Kier molecular flexibility index (Phi) is 29.2. The summed E-state index contributed by atoms with van der Waals surface area (Å²) in [5.74, 6) is 15.2. The fourth-order valence-corrected chi connectivity index (χ4v) is 7.83. The second-order valence-corrected chi connectivity index (χ2v) is 18.1. The van der Waals surface area contributed by atoms with Crippen molar-refractivity contribution in [1.29, 1.82) is 0 Å². The van der Waals surface area contributed by atoms with E-state index in [9.17, 15) is 0 Å². The van der Waals surface area contributed by atoms with Crippen molar-refractivity contribution in [3.63, 3.8) is 0 Å². The first kappa shape index (κ1) is 49.7. The van der Waals surface area contributed by atoms with Gasteiger partial charge in [0.2, 0.25) is 0 Å². The van der Waals surface area contributed by atoms with Gasteiger partial charge in [-0.1, -0.05) is 236 Å². The lowest BCUT2D eigenvalue weighted by Gasteiger charge is -2.14. The molecule has 4 heteroatoms. The molecule has 0 aliphatic carbocycles. The van der Waals surface area contributed by atoms with E-state index < -0.39 is 0 Å². The van der Waals surface area contributed by atoms with E-state index in [1.54, 1.807) is 0 Å². The Morgan fingerprint density at radius 1 is 0.345 bits per heavy atom. The summed E-state index contributed by atoms with van der Waals surface area (Å²) in [6, 6.07) is 20.4. The average molecular weight is 917 g/mol. The Morgan fingerprint density at radius 3 is 0.879 bits per heavy atom. The Labute approximate surface area is 373 Å². The van der Waals surface area contributed by atoms with Crippen molar-refractivity contribution in [3.05, 3.63) is 91.9 Å². The minimum Gasteiger partial charge on any atom is -0.492 e. The molecule has 0 aliphatic heterocycles. The van der Waals surface area contributed by atoms with Crippen LogP contribution < -0.4 is 9.47 Å². The van der Waals surface area contributed by atoms with E-state index in [-0.39, 0.29) is 0 Å². The van der Waals surface area contributed by atoms with Crippen LogP contribution in [0, 0.1) is 23.7 Å². The molecule has 0 radical (unpaired) electrons. The largest absolute Gasteiger partial charge is 0.492 e. The van der Waals surface area contributed by atoms with E-state index in [0.717, 1.165) is 55.5 Å². The lowest BCUT2D eigenvalue weighted by Crippen LogP contribution is -2.03. The standard InChI is InChI=1S/C54H76Br2O2/c1-3-5-7-9-11-13-15-17-19-21-23-25-27-29-43-57-53-45-50(38-32-48-35-41-52(56)42-36-48)54(46-49(53)37-31-47-33-39-51(55)40-34-47)58-44-30-28-26-24-22-20-18-16-14-12-10-8-6-4-2/h33-36,39-42,45-46H,3-30,43-44H2,1-2H3. The zero-order chi connectivity index (χ0) is 41.1. The zero-order valence-corrected chi connectivity index (χ0v) is 39.7. The summed E-state index contributed by atoms with van der Waals surface area (Å²) in [5, 5.41) is 0. The molecule has 0 saturated carbocycles. The normalized spacial score (nSPS) is 10.8. The molecule has 3 aromatic carbocycles. The van der Waals surface area contributed by atoms with Gasteiger partial charge in [-0.3, -0.25) is 0 Å². The molecule has 0 aromatic heterocycles. The van der Waals surface area contributed by atoms with E-state index in [1.807, 2.05) is 48.5 Å². The molecule has 0 unspecified atom stereocenters. The van der Waals surface area contributed by atoms with Gasteiger partial charge in [-0.25, -0.2) is 0 Å². The first-order valence-electron chi connectivity index (χ1n) is 23.6. The monoisotopic (exact) mass is 914 g/mol. The summed E-state index contributed by atoms with van der Waals surface area (Å²) >= 11 is 7.10. The van der Waals surface area contributed by atoms with Gasteiger partial charge in [-0.05, 0) is 61.4 Å². The smallest absolute Gasteiger partial charge is 0.136 e. The van der Waals surface area contributed by atoms with Crippen LogP contribution in [0.1, 0.15) is 216 Å². The Hall–Kier alpha value is -2.66. The fraction of sp³-hybridized carbons (Fsp3) is 0.593. The van der Waals surface area contributed by atoms with E-state index in [0.29, 0.717) is 13.2 Å². The van der Waals surface area contributed by atoms with Gasteiger partial charge in [0.05, 0.1) is 24.3 Å². The quantitative estimate of drug-likeness (QED) is 0.0459. The molecule has 0 spiro atoms. The highest BCUT2D eigenvalue weighted by Gasteiger charge is 2.11. The van der Waals surface area contributed by atoms with Gasteiger partial charge in [-0.2, -0.15) is 0 Å². The van der Waals surface area contributed by atoms with Crippen LogP contribution in [-0.2, 0) is 0 Å². The summed E-state index contributed by atoms with van der Waals surface area (Å²) in [6.07, 6.45) is 37.5. The molecule has 3 rings (SSSR count). The van der Waals surface area contributed by atoms with Crippen LogP contribution in [0.25, 0.3) is 0 Å². The van der Waals surface area contributed by atoms with Crippen molar-refractivity contribution >= 4 is 31.9 Å². The fourth-order valence-electron chi connectivity index (χ4n) is 7.30. The molecule has 0 fully saturated rings. The van der Waals surface area contributed by atoms with Gasteiger partial charge >= 0.3 is 0 Å². The Bertz CT molecular complexity index is 1470. The highest BCUT2D eigenvalue weighted by atomic mass is 79.9. The minimum absolute atomic E-state index is 0.670. The topological polar surface area (TPSA) is 18.5 Å². The van der Waals surface area contributed by atoms with Crippen molar-refractivity contribution in [3.8, 4) is 35.2 Å². The molecule has 0 bridgehead atoms. The maximum atomic E-state index is 6.51. The zero-order valence-electron chi connectivity index (χ0n) is 36.6. The van der Waals surface area contributed by atoms with Crippen LogP contribution in [0.4, 0.5) is 0 Å². The first-order chi connectivity index (χ1) is 28.6. The van der Waals surface area contributed by atoms with Crippen LogP contribution >= 0.6 is 31.9 Å². The molecular weight excluding hydrogens is 840 g/mol. The molecule has 2 nitrogen and oxygen atoms in total. The number of hydrogen-bond donors (Lipinski definition) is 0. The van der Waals surface area contributed by atoms with Crippen LogP contribution in [-0.4, -0.2) is 13.2 Å². The summed E-state index contributed by atoms with van der Waals surface area (Å²) < 4.78 is 15.1. The van der Waals surface area contributed by atoms with Gasteiger partial charge < -0.3 is 9.47 Å². The van der Waals surface area contributed by atoms with E-state index in [1.165, 1.54) is 167 Å². The van der Waals surface area contributed by atoms with Gasteiger partial charge in [0.15, 0.2) is 0 Å². The van der Waals surface area contributed by atoms with Crippen LogP contribution in [0.15, 0.2) is 69.6 Å². The summed E-state index contributed by atoms with van der Waals surface area (Å²) in [5.41, 5.74) is 3.62. The predicted octanol–water partition coefficient (Wildman–Crippen LogP) is 17.7. The number of rotatable bonds is 32. The van der Waals surface area contributed by atoms with Gasteiger partial charge in [0.25, 0.3) is 0 Å². The molecule has 0 amide bonds. The number of halogens is 2. The third-order valence-corrected chi connectivity index (χ3v) is 12.0. The van der Waals surface area contributed by atoms with Crippen LogP contribution in [0.3, 0.4) is 0 Å². The molecular formula is C54H76Br2O2. The maximum Gasteiger partial charge on any atom is 0.136 e. The molecule has 0 aliphatic rings. The third-order valence-electron chi connectivity index (χ3n) is 11.0. The average Bonchev–Trinajstić information content (AvgIpc) is 3.23. The Morgan fingerprint density at radius 2 is 0.603 bits per heavy atom. The van der Waals surface area contributed by atoms with Gasteiger partial charge in [0, 0.05) is 32.2 Å².